The van der Waals surface area contributed by atoms with Gasteiger partial charge in [0.05, 0.1) is 12.7 Å². The zero-order chi connectivity index (χ0) is 18.1. The third-order valence-corrected chi connectivity index (χ3v) is 5.60. The van der Waals surface area contributed by atoms with Crippen LogP contribution in [-0.4, -0.2) is 23.5 Å². The first kappa shape index (κ1) is 18.8. The van der Waals surface area contributed by atoms with Crippen molar-refractivity contribution in [1.29, 1.82) is 0 Å². The topological polar surface area (TPSA) is 62.0 Å². The normalized spacial score (nSPS) is 11.9. The summed E-state index contributed by atoms with van der Waals surface area (Å²) in [5, 5.41) is 20.3. The zero-order valence-corrected chi connectivity index (χ0v) is 17.1. The van der Waals surface area contributed by atoms with Crippen LogP contribution in [0.5, 0.6) is 17.2 Å². The molecular formula is C18H19Br2NO3. The summed E-state index contributed by atoms with van der Waals surface area (Å²) in [6.07, 6.45) is 1.49. The van der Waals surface area contributed by atoms with Crippen LogP contribution in [0.15, 0.2) is 38.2 Å². The van der Waals surface area contributed by atoms with E-state index in [-0.39, 0.29) is 16.9 Å². The second kappa shape index (κ2) is 7.15. The molecule has 0 aliphatic rings. The number of benzene rings is 2. The Kier molecular flexibility index (Phi) is 5.60. The van der Waals surface area contributed by atoms with Gasteiger partial charge in [0.25, 0.3) is 0 Å². The molecule has 6 heteroatoms. The molecular weight excluding hydrogens is 438 g/mol. The first-order chi connectivity index (χ1) is 11.1. The second-order valence-electron chi connectivity index (χ2n) is 6.35. The summed E-state index contributed by atoms with van der Waals surface area (Å²) in [7, 11) is 1.48. The Balaban J connectivity index is 2.51. The number of hydrogen-bond acceptors (Lipinski definition) is 4. The van der Waals surface area contributed by atoms with Gasteiger partial charge >= 0.3 is 0 Å². The predicted molar refractivity (Wildman–Crippen MR) is 104 cm³/mol. The van der Waals surface area contributed by atoms with Crippen LogP contribution < -0.4 is 4.74 Å². The van der Waals surface area contributed by atoms with E-state index in [9.17, 15) is 10.2 Å². The molecule has 24 heavy (non-hydrogen) atoms. The first-order valence-electron chi connectivity index (χ1n) is 7.27. The molecule has 0 aliphatic heterocycles. The van der Waals surface area contributed by atoms with E-state index in [1.807, 2.05) is 12.1 Å². The Labute approximate surface area is 158 Å². The van der Waals surface area contributed by atoms with Crippen LogP contribution in [0.4, 0.5) is 5.69 Å². The second-order valence-corrected chi connectivity index (χ2v) is 8.00. The van der Waals surface area contributed by atoms with E-state index in [0.717, 1.165) is 10.0 Å². The molecule has 128 valence electrons. The summed E-state index contributed by atoms with van der Waals surface area (Å²) in [5.74, 6) is 0.388. The number of halogens is 2. The van der Waals surface area contributed by atoms with Gasteiger partial charge in [-0.2, -0.15) is 0 Å². The largest absolute Gasteiger partial charge is 0.506 e. The van der Waals surface area contributed by atoms with Crippen molar-refractivity contribution in [1.82, 2.24) is 0 Å². The summed E-state index contributed by atoms with van der Waals surface area (Å²) in [5.41, 5.74) is 1.90. The molecule has 2 rings (SSSR count). The van der Waals surface area contributed by atoms with Crippen LogP contribution in [0, 0.1) is 0 Å². The molecule has 0 spiro atoms. The molecule has 0 saturated heterocycles. The van der Waals surface area contributed by atoms with Gasteiger partial charge in [-0.15, -0.1) is 0 Å². The van der Waals surface area contributed by atoms with Crippen molar-refractivity contribution in [2.24, 2.45) is 4.99 Å². The number of aromatic hydroxyl groups is 2. The maximum Gasteiger partial charge on any atom is 0.167 e. The van der Waals surface area contributed by atoms with E-state index in [4.69, 9.17) is 4.74 Å². The summed E-state index contributed by atoms with van der Waals surface area (Å²) in [6, 6.07) is 7.01. The Bertz CT molecular complexity index is 796. The molecule has 0 atom stereocenters. The van der Waals surface area contributed by atoms with E-state index < -0.39 is 0 Å². The van der Waals surface area contributed by atoms with Crippen LogP contribution in [0.2, 0.25) is 0 Å². The van der Waals surface area contributed by atoms with Gasteiger partial charge in [0.1, 0.15) is 11.4 Å². The predicted octanol–water partition coefficient (Wildman–Crippen LogP) is 5.68. The molecule has 0 amide bonds. The Morgan fingerprint density at radius 2 is 1.79 bits per heavy atom. The van der Waals surface area contributed by atoms with Crippen molar-refractivity contribution in [3.05, 3.63) is 44.3 Å². The number of rotatable bonds is 3. The lowest BCUT2D eigenvalue weighted by molar-refractivity contribution is 0.372. The van der Waals surface area contributed by atoms with E-state index in [0.29, 0.717) is 21.5 Å². The van der Waals surface area contributed by atoms with Crippen LogP contribution in [0.1, 0.15) is 31.9 Å². The molecule has 2 aromatic rings. The SMILES string of the molecule is COc1cc(Br)c(Br)c(C=Nc2cc(C(C)(C)C)ccc2O)c1O. The van der Waals surface area contributed by atoms with Crippen molar-refractivity contribution in [2.75, 3.05) is 7.11 Å². The highest BCUT2D eigenvalue weighted by Gasteiger charge is 2.16. The first-order valence-corrected chi connectivity index (χ1v) is 8.86. The molecule has 4 nitrogen and oxygen atoms in total. The number of methoxy groups -OCH3 is 1. The molecule has 0 heterocycles. The lowest BCUT2D eigenvalue weighted by Crippen LogP contribution is -2.10. The molecule has 0 aliphatic carbocycles. The molecule has 0 fully saturated rings. The van der Waals surface area contributed by atoms with E-state index in [2.05, 4.69) is 57.6 Å². The number of phenols is 2. The molecule has 2 aromatic carbocycles. The summed E-state index contributed by atoms with van der Waals surface area (Å²) >= 11 is 6.82. The fraction of sp³-hybridized carbons (Fsp3) is 0.278. The number of aliphatic imine (C=N–C) groups is 1. The van der Waals surface area contributed by atoms with Gasteiger partial charge in [0.15, 0.2) is 11.5 Å². The van der Waals surface area contributed by atoms with Crippen LogP contribution >= 0.6 is 31.9 Å². The van der Waals surface area contributed by atoms with E-state index in [1.54, 1.807) is 12.1 Å². The molecule has 2 N–H and O–H groups in total. The van der Waals surface area contributed by atoms with Crippen LogP contribution in [0.25, 0.3) is 0 Å². The van der Waals surface area contributed by atoms with Crippen molar-refractivity contribution in [3.63, 3.8) is 0 Å². The minimum atomic E-state index is -0.0559. The van der Waals surface area contributed by atoms with Crippen LogP contribution in [-0.2, 0) is 5.41 Å². The fourth-order valence-electron chi connectivity index (χ4n) is 2.11. The molecule has 0 unspecified atom stereocenters. The smallest absolute Gasteiger partial charge is 0.167 e. The van der Waals surface area contributed by atoms with Gasteiger partial charge in [-0.05, 0) is 61.0 Å². The highest BCUT2D eigenvalue weighted by molar-refractivity contribution is 9.13. The van der Waals surface area contributed by atoms with Gasteiger partial charge in [-0.3, -0.25) is 4.99 Å². The highest BCUT2D eigenvalue weighted by Crippen LogP contribution is 2.40. The van der Waals surface area contributed by atoms with Crippen molar-refractivity contribution >= 4 is 43.8 Å². The Morgan fingerprint density at radius 3 is 2.38 bits per heavy atom. The minimum absolute atomic E-state index is 0.0252. The zero-order valence-electron chi connectivity index (χ0n) is 13.9. The van der Waals surface area contributed by atoms with Crippen LogP contribution in [0.3, 0.4) is 0 Å². The standard InChI is InChI=1S/C18H19Br2NO3/c1-18(2,3)10-5-6-14(22)13(7-10)21-9-11-16(20)12(19)8-15(24-4)17(11)23/h5-9,22-23H,1-4H3. The lowest BCUT2D eigenvalue weighted by Gasteiger charge is -2.19. The third-order valence-electron chi connectivity index (χ3n) is 3.59. The van der Waals surface area contributed by atoms with Crippen molar-refractivity contribution < 1.29 is 14.9 Å². The number of nitrogens with zero attached hydrogens (tertiary/aromatic N) is 1. The molecule has 0 radical (unpaired) electrons. The van der Waals surface area contributed by atoms with Crippen molar-refractivity contribution in [3.8, 4) is 17.2 Å². The van der Waals surface area contributed by atoms with Gasteiger partial charge in [-0.1, -0.05) is 26.8 Å². The number of ether oxygens (including phenoxy) is 1. The van der Waals surface area contributed by atoms with Gasteiger partial charge in [-0.25, -0.2) is 0 Å². The van der Waals surface area contributed by atoms with Gasteiger partial charge in [0.2, 0.25) is 0 Å². The maximum atomic E-state index is 10.3. The average molecular weight is 457 g/mol. The van der Waals surface area contributed by atoms with Crippen molar-refractivity contribution in [2.45, 2.75) is 26.2 Å². The van der Waals surface area contributed by atoms with Gasteiger partial charge < -0.3 is 14.9 Å². The lowest BCUT2D eigenvalue weighted by atomic mass is 9.87. The van der Waals surface area contributed by atoms with E-state index in [1.165, 1.54) is 13.3 Å². The van der Waals surface area contributed by atoms with E-state index >= 15 is 0 Å². The summed E-state index contributed by atoms with van der Waals surface area (Å²) in [6.45, 7) is 6.28. The Hall–Kier alpha value is -1.53. The quantitative estimate of drug-likeness (QED) is 0.584. The fourth-order valence-corrected chi connectivity index (χ4v) is 2.94. The molecule has 0 bridgehead atoms. The summed E-state index contributed by atoms with van der Waals surface area (Å²) < 4.78 is 6.53. The number of phenolic OH excluding ortho intramolecular Hbond substituents is 2. The Morgan fingerprint density at radius 1 is 1.12 bits per heavy atom. The average Bonchev–Trinajstić information content (AvgIpc) is 2.51. The molecule has 0 aromatic heterocycles. The highest BCUT2D eigenvalue weighted by atomic mass is 79.9. The van der Waals surface area contributed by atoms with Gasteiger partial charge in [0, 0.05) is 15.2 Å². The molecule has 0 saturated carbocycles. The third kappa shape index (κ3) is 3.92. The summed E-state index contributed by atoms with van der Waals surface area (Å²) in [4.78, 5) is 4.35. The number of hydrogen-bond donors (Lipinski definition) is 2. The minimum Gasteiger partial charge on any atom is -0.506 e. The maximum absolute atomic E-state index is 10.3. The monoisotopic (exact) mass is 455 g/mol.